The van der Waals surface area contributed by atoms with E-state index < -0.39 is 5.97 Å². The molecule has 0 saturated heterocycles. The van der Waals surface area contributed by atoms with Crippen molar-refractivity contribution in [2.45, 2.75) is 19.9 Å². The Morgan fingerprint density at radius 1 is 1.47 bits per heavy atom. The normalized spacial score (nSPS) is 11.9. The van der Waals surface area contributed by atoms with Crippen LogP contribution in [0.15, 0.2) is 42.2 Å². The van der Waals surface area contributed by atoms with Crippen molar-refractivity contribution in [2.75, 3.05) is 0 Å². The van der Waals surface area contributed by atoms with Gasteiger partial charge in [-0.3, -0.25) is 0 Å². The second-order valence-electron chi connectivity index (χ2n) is 3.77. The number of carbonyl (C=O) groups is 1. The maximum absolute atomic E-state index is 10.9. The molecule has 0 atom stereocenters. The number of fused-ring (bicyclic) bond motifs is 1. The summed E-state index contributed by atoms with van der Waals surface area (Å²) in [5.74, 6) is -0.850. The van der Waals surface area contributed by atoms with Crippen LogP contribution in [0.5, 0.6) is 0 Å². The highest BCUT2D eigenvalue weighted by Crippen LogP contribution is 2.12. The van der Waals surface area contributed by atoms with E-state index in [1.54, 1.807) is 12.4 Å². The average molecular weight is 230 g/mol. The SMILES string of the molecule is CCC(=CCn1cnc2ccccc21)C(=O)O. The summed E-state index contributed by atoms with van der Waals surface area (Å²) in [5, 5.41) is 8.92. The molecular weight excluding hydrogens is 216 g/mol. The quantitative estimate of drug-likeness (QED) is 0.821. The summed E-state index contributed by atoms with van der Waals surface area (Å²) in [6.45, 7) is 2.38. The number of aliphatic carboxylic acids is 1. The molecule has 0 saturated carbocycles. The molecule has 0 aliphatic carbocycles. The average Bonchev–Trinajstić information content (AvgIpc) is 2.73. The maximum Gasteiger partial charge on any atom is 0.331 e. The molecule has 17 heavy (non-hydrogen) atoms. The standard InChI is InChI=1S/C13H14N2O2/c1-2-10(13(16)17)7-8-15-9-14-11-5-3-4-6-12(11)15/h3-7,9H,2,8H2,1H3,(H,16,17). The van der Waals surface area contributed by atoms with Gasteiger partial charge in [0.15, 0.2) is 0 Å². The highest BCUT2D eigenvalue weighted by Gasteiger charge is 2.04. The van der Waals surface area contributed by atoms with Crippen LogP contribution in [0, 0.1) is 0 Å². The molecule has 4 nitrogen and oxygen atoms in total. The fourth-order valence-corrected chi connectivity index (χ4v) is 1.75. The fourth-order valence-electron chi connectivity index (χ4n) is 1.75. The fraction of sp³-hybridized carbons (Fsp3) is 0.231. The van der Waals surface area contributed by atoms with Crippen molar-refractivity contribution in [1.29, 1.82) is 0 Å². The number of para-hydroxylation sites is 2. The number of allylic oxidation sites excluding steroid dienone is 1. The lowest BCUT2D eigenvalue weighted by molar-refractivity contribution is -0.132. The number of aromatic nitrogens is 2. The van der Waals surface area contributed by atoms with Gasteiger partial charge in [-0.1, -0.05) is 25.1 Å². The maximum atomic E-state index is 10.9. The van der Waals surface area contributed by atoms with Gasteiger partial charge in [0.05, 0.1) is 17.4 Å². The minimum Gasteiger partial charge on any atom is -0.478 e. The van der Waals surface area contributed by atoms with E-state index in [1.165, 1.54) is 0 Å². The van der Waals surface area contributed by atoms with Crippen molar-refractivity contribution in [3.63, 3.8) is 0 Å². The lowest BCUT2D eigenvalue weighted by atomic mass is 10.2. The Balaban J connectivity index is 2.27. The monoisotopic (exact) mass is 230 g/mol. The van der Waals surface area contributed by atoms with Crippen molar-refractivity contribution in [1.82, 2.24) is 9.55 Å². The Hall–Kier alpha value is -2.10. The van der Waals surface area contributed by atoms with Gasteiger partial charge in [0.2, 0.25) is 0 Å². The van der Waals surface area contributed by atoms with Gasteiger partial charge in [-0.2, -0.15) is 0 Å². The van der Waals surface area contributed by atoms with Crippen LogP contribution in [0.2, 0.25) is 0 Å². The molecule has 0 fully saturated rings. The minimum atomic E-state index is -0.850. The second-order valence-corrected chi connectivity index (χ2v) is 3.77. The van der Waals surface area contributed by atoms with Crippen LogP contribution in [0.4, 0.5) is 0 Å². The van der Waals surface area contributed by atoms with E-state index in [0.717, 1.165) is 11.0 Å². The van der Waals surface area contributed by atoms with Crippen LogP contribution in [-0.4, -0.2) is 20.6 Å². The van der Waals surface area contributed by atoms with E-state index in [1.807, 2.05) is 35.8 Å². The summed E-state index contributed by atoms with van der Waals surface area (Å²) in [7, 11) is 0. The lowest BCUT2D eigenvalue weighted by Gasteiger charge is -2.01. The van der Waals surface area contributed by atoms with Gasteiger partial charge >= 0.3 is 5.97 Å². The molecule has 4 heteroatoms. The number of carboxylic acids is 1. The molecule has 0 bridgehead atoms. The van der Waals surface area contributed by atoms with E-state index in [-0.39, 0.29) is 0 Å². The topological polar surface area (TPSA) is 55.1 Å². The summed E-state index contributed by atoms with van der Waals surface area (Å²) >= 11 is 0. The number of hydrogen-bond donors (Lipinski definition) is 1. The molecule has 0 aliphatic rings. The number of benzene rings is 1. The summed E-state index contributed by atoms with van der Waals surface area (Å²) in [6, 6.07) is 7.79. The predicted molar refractivity (Wildman–Crippen MR) is 65.7 cm³/mol. The lowest BCUT2D eigenvalue weighted by Crippen LogP contribution is -2.02. The summed E-state index contributed by atoms with van der Waals surface area (Å²) in [5.41, 5.74) is 2.38. The number of hydrogen-bond acceptors (Lipinski definition) is 2. The van der Waals surface area contributed by atoms with Gasteiger partial charge in [0.1, 0.15) is 0 Å². The zero-order chi connectivity index (χ0) is 12.3. The zero-order valence-corrected chi connectivity index (χ0v) is 9.63. The van der Waals surface area contributed by atoms with Crippen molar-refractivity contribution < 1.29 is 9.90 Å². The van der Waals surface area contributed by atoms with Gasteiger partial charge in [-0.25, -0.2) is 9.78 Å². The van der Waals surface area contributed by atoms with Gasteiger partial charge in [-0.05, 0) is 18.6 Å². The van der Waals surface area contributed by atoms with E-state index in [9.17, 15) is 4.79 Å². The first-order chi connectivity index (χ1) is 8.22. The molecule has 0 unspecified atom stereocenters. The third-order valence-electron chi connectivity index (χ3n) is 2.72. The van der Waals surface area contributed by atoms with Crippen molar-refractivity contribution in [3.05, 3.63) is 42.2 Å². The number of carboxylic acid groups (broad SMARTS) is 1. The minimum absolute atomic E-state index is 0.433. The molecule has 2 rings (SSSR count). The Morgan fingerprint density at radius 3 is 2.94 bits per heavy atom. The zero-order valence-electron chi connectivity index (χ0n) is 9.63. The van der Waals surface area contributed by atoms with E-state index in [0.29, 0.717) is 18.5 Å². The number of rotatable bonds is 4. The van der Waals surface area contributed by atoms with E-state index >= 15 is 0 Å². The highest BCUT2D eigenvalue weighted by molar-refractivity contribution is 5.86. The summed E-state index contributed by atoms with van der Waals surface area (Å²) in [4.78, 5) is 15.1. The van der Waals surface area contributed by atoms with Crippen LogP contribution >= 0.6 is 0 Å². The van der Waals surface area contributed by atoms with Crippen molar-refractivity contribution in [3.8, 4) is 0 Å². The number of imidazole rings is 1. The summed E-state index contributed by atoms with van der Waals surface area (Å²) in [6.07, 6.45) is 3.99. The van der Waals surface area contributed by atoms with Gasteiger partial charge < -0.3 is 9.67 Å². The van der Waals surface area contributed by atoms with E-state index in [4.69, 9.17) is 5.11 Å². The molecule has 0 amide bonds. The van der Waals surface area contributed by atoms with Crippen LogP contribution in [0.1, 0.15) is 13.3 Å². The van der Waals surface area contributed by atoms with Crippen LogP contribution in [0.3, 0.4) is 0 Å². The molecule has 0 aliphatic heterocycles. The van der Waals surface area contributed by atoms with Crippen molar-refractivity contribution >= 4 is 17.0 Å². The summed E-state index contributed by atoms with van der Waals surface area (Å²) < 4.78 is 1.94. The van der Waals surface area contributed by atoms with Crippen LogP contribution < -0.4 is 0 Å². The molecule has 88 valence electrons. The first kappa shape index (κ1) is 11.4. The van der Waals surface area contributed by atoms with Crippen LogP contribution in [0.25, 0.3) is 11.0 Å². The Morgan fingerprint density at radius 2 is 2.24 bits per heavy atom. The molecule has 1 aromatic heterocycles. The largest absolute Gasteiger partial charge is 0.478 e. The first-order valence-corrected chi connectivity index (χ1v) is 5.54. The van der Waals surface area contributed by atoms with Gasteiger partial charge in [0.25, 0.3) is 0 Å². The molecule has 0 radical (unpaired) electrons. The predicted octanol–water partition coefficient (Wildman–Crippen LogP) is 2.46. The molecule has 1 aromatic carbocycles. The van der Waals surface area contributed by atoms with Gasteiger partial charge in [-0.15, -0.1) is 0 Å². The molecule has 1 N–H and O–H groups in total. The molecule has 1 heterocycles. The van der Waals surface area contributed by atoms with Gasteiger partial charge in [0, 0.05) is 12.1 Å². The smallest absolute Gasteiger partial charge is 0.331 e. The van der Waals surface area contributed by atoms with E-state index in [2.05, 4.69) is 4.98 Å². The Kier molecular flexibility index (Phi) is 3.23. The second kappa shape index (κ2) is 4.82. The third kappa shape index (κ3) is 2.36. The first-order valence-electron chi connectivity index (χ1n) is 5.54. The van der Waals surface area contributed by atoms with Crippen molar-refractivity contribution in [2.24, 2.45) is 0 Å². The molecular formula is C13H14N2O2. The third-order valence-corrected chi connectivity index (χ3v) is 2.72. The highest BCUT2D eigenvalue weighted by atomic mass is 16.4. The Bertz CT molecular complexity index is 570. The number of nitrogens with zero attached hydrogens (tertiary/aromatic N) is 2. The van der Waals surface area contributed by atoms with Crippen LogP contribution in [-0.2, 0) is 11.3 Å². The Labute approximate surface area is 99.2 Å². The molecule has 2 aromatic rings. The molecule has 0 spiro atoms.